The molecule has 1 aromatic carbocycles. The Hall–Kier alpha value is -0.860. The normalized spacial score (nSPS) is 15.3. The van der Waals surface area contributed by atoms with Crippen LogP contribution >= 0.6 is 0 Å². The van der Waals surface area contributed by atoms with Crippen LogP contribution < -0.4 is 11.3 Å². The molecule has 0 aliphatic rings. The van der Waals surface area contributed by atoms with Crippen LogP contribution in [0.1, 0.15) is 63.3 Å². The zero-order chi connectivity index (χ0) is 14.6. The van der Waals surface area contributed by atoms with Crippen LogP contribution in [0.25, 0.3) is 0 Å². The van der Waals surface area contributed by atoms with Gasteiger partial charge in [0.15, 0.2) is 0 Å². The van der Waals surface area contributed by atoms with E-state index >= 15 is 0 Å². The van der Waals surface area contributed by atoms with Gasteiger partial charge in [-0.2, -0.15) is 0 Å². The monoisotopic (exact) mass is 262 g/mol. The van der Waals surface area contributed by atoms with Crippen molar-refractivity contribution in [2.45, 2.75) is 60.4 Å². The van der Waals surface area contributed by atoms with Crippen molar-refractivity contribution in [1.82, 2.24) is 5.43 Å². The van der Waals surface area contributed by atoms with Gasteiger partial charge in [-0.1, -0.05) is 51.5 Å². The zero-order valence-electron chi connectivity index (χ0n) is 13.4. The van der Waals surface area contributed by atoms with Gasteiger partial charge < -0.3 is 0 Å². The Balaban J connectivity index is 2.80. The van der Waals surface area contributed by atoms with Crippen molar-refractivity contribution in [3.8, 4) is 0 Å². The number of hydrazine groups is 1. The fourth-order valence-electron chi connectivity index (χ4n) is 2.95. The van der Waals surface area contributed by atoms with E-state index in [4.69, 9.17) is 5.84 Å². The first-order valence-electron chi connectivity index (χ1n) is 7.26. The average molecular weight is 262 g/mol. The lowest BCUT2D eigenvalue weighted by Gasteiger charge is -2.27. The van der Waals surface area contributed by atoms with E-state index in [9.17, 15) is 0 Å². The molecule has 0 aromatic heterocycles. The predicted molar refractivity (Wildman–Crippen MR) is 83.8 cm³/mol. The van der Waals surface area contributed by atoms with E-state index in [1.54, 1.807) is 0 Å². The van der Waals surface area contributed by atoms with Gasteiger partial charge in [-0.3, -0.25) is 11.3 Å². The van der Waals surface area contributed by atoms with Crippen LogP contribution in [0.3, 0.4) is 0 Å². The summed E-state index contributed by atoms with van der Waals surface area (Å²) in [6.07, 6.45) is 2.30. The van der Waals surface area contributed by atoms with Gasteiger partial charge in [0.1, 0.15) is 0 Å². The third-order valence-electron chi connectivity index (χ3n) is 3.61. The van der Waals surface area contributed by atoms with Gasteiger partial charge in [-0.05, 0) is 49.1 Å². The van der Waals surface area contributed by atoms with Crippen molar-refractivity contribution in [3.05, 3.63) is 34.9 Å². The number of aryl methyl sites for hydroxylation is 2. The first-order chi connectivity index (χ1) is 8.73. The number of hydrogen-bond donors (Lipinski definition) is 2. The molecule has 3 N–H and O–H groups in total. The molecule has 0 radical (unpaired) electrons. The first-order valence-corrected chi connectivity index (χ1v) is 7.26. The molecule has 2 unspecified atom stereocenters. The van der Waals surface area contributed by atoms with Crippen molar-refractivity contribution in [3.63, 3.8) is 0 Å². The molecule has 0 amide bonds. The summed E-state index contributed by atoms with van der Waals surface area (Å²) in [7, 11) is 0. The fraction of sp³-hybridized carbons (Fsp3) is 0.647. The molecule has 0 saturated heterocycles. The van der Waals surface area contributed by atoms with Gasteiger partial charge in [0.05, 0.1) is 0 Å². The van der Waals surface area contributed by atoms with Crippen LogP contribution in [-0.4, -0.2) is 0 Å². The number of rotatable bonds is 5. The van der Waals surface area contributed by atoms with E-state index in [0.29, 0.717) is 11.3 Å². The molecular weight excluding hydrogens is 232 g/mol. The lowest BCUT2D eigenvalue weighted by Crippen LogP contribution is -2.30. The molecule has 2 nitrogen and oxygen atoms in total. The topological polar surface area (TPSA) is 38.0 Å². The Morgan fingerprint density at radius 2 is 1.84 bits per heavy atom. The highest BCUT2D eigenvalue weighted by molar-refractivity contribution is 5.32. The summed E-state index contributed by atoms with van der Waals surface area (Å²) in [5, 5.41) is 0. The standard InChI is InChI=1S/C17H30N2/c1-12-7-8-14(3)15(9-12)16(19-18)10-13(2)11-17(4,5)6/h7-9,13,16,19H,10-11,18H2,1-6H3. The van der Waals surface area contributed by atoms with E-state index < -0.39 is 0 Å². The van der Waals surface area contributed by atoms with Crippen molar-refractivity contribution >= 4 is 0 Å². The van der Waals surface area contributed by atoms with Crippen LogP contribution in [0.2, 0.25) is 0 Å². The Morgan fingerprint density at radius 3 is 2.37 bits per heavy atom. The van der Waals surface area contributed by atoms with Gasteiger partial charge in [0, 0.05) is 6.04 Å². The van der Waals surface area contributed by atoms with E-state index in [2.05, 4.69) is 65.2 Å². The highest BCUT2D eigenvalue weighted by atomic mass is 15.2. The summed E-state index contributed by atoms with van der Waals surface area (Å²) in [5.41, 5.74) is 7.33. The minimum absolute atomic E-state index is 0.247. The van der Waals surface area contributed by atoms with Gasteiger partial charge in [-0.25, -0.2) is 0 Å². The zero-order valence-corrected chi connectivity index (χ0v) is 13.4. The van der Waals surface area contributed by atoms with E-state index in [1.165, 1.54) is 23.1 Å². The highest BCUT2D eigenvalue weighted by Gasteiger charge is 2.20. The molecule has 0 saturated carbocycles. The summed E-state index contributed by atoms with van der Waals surface area (Å²) < 4.78 is 0. The van der Waals surface area contributed by atoms with Crippen LogP contribution in [0, 0.1) is 25.2 Å². The minimum Gasteiger partial charge on any atom is -0.271 e. The lowest BCUT2D eigenvalue weighted by molar-refractivity contribution is 0.276. The van der Waals surface area contributed by atoms with E-state index in [-0.39, 0.29) is 6.04 Å². The van der Waals surface area contributed by atoms with Crippen LogP contribution in [0.4, 0.5) is 0 Å². The van der Waals surface area contributed by atoms with E-state index in [0.717, 1.165) is 6.42 Å². The quantitative estimate of drug-likeness (QED) is 0.614. The predicted octanol–water partition coefficient (Wildman–Crippen LogP) is 4.27. The molecule has 19 heavy (non-hydrogen) atoms. The second-order valence-corrected chi connectivity index (χ2v) is 7.18. The van der Waals surface area contributed by atoms with Crippen molar-refractivity contribution in [2.75, 3.05) is 0 Å². The molecule has 1 aromatic rings. The molecule has 0 spiro atoms. The van der Waals surface area contributed by atoms with Gasteiger partial charge in [0.2, 0.25) is 0 Å². The summed E-state index contributed by atoms with van der Waals surface area (Å²) in [6, 6.07) is 6.84. The summed E-state index contributed by atoms with van der Waals surface area (Å²) in [5.74, 6) is 6.44. The van der Waals surface area contributed by atoms with Gasteiger partial charge in [-0.15, -0.1) is 0 Å². The molecule has 0 fully saturated rings. The second-order valence-electron chi connectivity index (χ2n) is 7.18. The molecule has 1 rings (SSSR count). The van der Waals surface area contributed by atoms with Crippen molar-refractivity contribution in [1.29, 1.82) is 0 Å². The summed E-state index contributed by atoms with van der Waals surface area (Å²) >= 11 is 0. The maximum absolute atomic E-state index is 5.79. The Bertz CT molecular complexity index is 404. The second kappa shape index (κ2) is 6.53. The van der Waals surface area contributed by atoms with Crippen molar-refractivity contribution < 1.29 is 0 Å². The third-order valence-corrected chi connectivity index (χ3v) is 3.61. The third kappa shape index (κ3) is 5.33. The van der Waals surface area contributed by atoms with Crippen LogP contribution in [-0.2, 0) is 0 Å². The van der Waals surface area contributed by atoms with Crippen LogP contribution in [0.15, 0.2) is 18.2 Å². The maximum Gasteiger partial charge on any atom is 0.0465 e. The smallest absolute Gasteiger partial charge is 0.0465 e. The molecule has 2 heteroatoms. The maximum atomic E-state index is 5.79. The van der Waals surface area contributed by atoms with Gasteiger partial charge in [0.25, 0.3) is 0 Å². The molecule has 2 atom stereocenters. The first kappa shape index (κ1) is 16.2. The molecule has 0 bridgehead atoms. The Kier molecular flexibility index (Phi) is 5.57. The van der Waals surface area contributed by atoms with E-state index in [1.807, 2.05) is 0 Å². The molecule has 108 valence electrons. The largest absolute Gasteiger partial charge is 0.271 e. The molecule has 0 heterocycles. The SMILES string of the molecule is Cc1ccc(C)c(C(CC(C)CC(C)(C)C)NN)c1. The summed E-state index contributed by atoms with van der Waals surface area (Å²) in [6.45, 7) is 13.5. The number of hydrogen-bond acceptors (Lipinski definition) is 2. The average Bonchev–Trinajstić information content (AvgIpc) is 2.27. The molecular formula is C17H30N2. The number of nitrogens with one attached hydrogen (secondary N) is 1. The number of benzene rings is 1. The molecule has 0 aliphatic carbocycles. The Morgan fingerprint density at radius 1 is 1.21 bits per heavy atom. The fourth-order valence-corrected chi connectivity index (χ4v) is 2.95. The Labute approximate surface area is 118 Å². The van der Waals surface area contributed by atoms with Gasteiger partial charge >= 0.3 is 0 Å². The lowest BCUT2D eigenvalue weighted by atomic mass is 9.81. The summed E-state index contributed by atoms with van der Waals surface area (Å²) in [4.78, 5) is 0. The highest BCUT2D eigenvalue weighted by Crippen LogP contribution is 2.31. The number of nitrogens with two attached hydrogens (primary N) is 1. The minimum atomic E-state index is 0.247. The molecule has 0 aliphatic heterocycles. The van der Waals surface area contributed by atoms with Crippen LogP contribution in [0.5, 0.6) is 0 Å². The van der Waals surface area contributed by atoms with Crippen molar-refractivity contribution in [2.24, 2.45) is 17.2 Å².